The summed E-state index contributed by atoms with van der Waals surface area (Å²) in [6.07, 6.45) is 9.91. The molecule has 0 bridgehead atoms. The first-order valence-corrected chi connectivity index (χ1v) is 15.7. The van der Waals surface area contributed by atoms with Gasteiger partial charge in [0.05, 0.1) is 35.2 Å². The average molecular weight is 571 g/mol. The van der Waals surface area contributed by atoms with E-state index in [2.05, 4.69) is 26.4 Å². The van der Waals surface area contributed by atoms with Gasteiger partial charge in [0.2, 0.25) is 0 Å². The minimum Gasteiger partial charge on any atom is -0.382 e. The van der Waals surface area contributed by atoms with E-state index in [9.17, 15) is 8.42 Å². The summed E-state index contributed by atoms with van der Waals surface area (Å²) in [4.78, 5) is 7.46. The second-order valence-corrected chi connectivity index (χ2v) is 12.9. The van der Waals surface area contributed by atoms with Crippen molar-refractivity contribution in [2.75, 3.05) is 31.6 Å². The van der Waals surface area contributed by atoms with Crippen molar-refractivity contribution in [3.8, 4) is 11.1 Å². The van der Waals surface area contributed by atoms with Crippen molar-refractivity contribution in [3.05, 3.63) is 73.2 Å². The summed E-state index contributed by atoms with van der Waals surface area (Å²) in [6, 6.07) is 17.4. The molecular formula is C31H34N6O3S. The molecule has 2 fully saturated rings. The highest BCUT2D eigenvalue weighted by molar-refractivity contribution is 7.90. The number of nitrogens with zero attached hydrogens (tertiary/aromatic N) is 5. The summed E-state index contributed by atoms with van der Waals surface area (Å²) < 4.78 is 36.8. The molecule has 0 unspecified atom stereocenters. The maximum absolute atomic E-state index is 14.0. The van der Waals surface area contributed by atoms with Gasteiger partial charge >= 0.3 is 0 Å². The molecule has 1 N–H and O–H groups in total. The summed E-state index contributed by atoms with van der Waals surface area (Å²) in [5, 5.41) is 9.80. The Kier molecular flexibility index (Phi) is 6.76. The number of anilines is 1. The lowest BCUT2D eigenvalue weighted by molar-refractivity contribution is 0.00791. The van der Waals surface area contributed by atoms with Gasteiger partial charge in [-0.25, -0.2) is 17.4 Å². The van der Waals surface area contributed by atoms with Crippen molar-refractivity contribution in [2.45, 2.75) is 42.7 Å². The molecule has 3 aromatic heterocycles. The van der Waals surface area contributed by atoms with Gasteiger partial charge in [0.15, 0.2) is 5.65 Å². The summed E-state index contributed by atoms with van der Waals surface area (Å²) >= 11 is 0. The van der Waals surface area contributed by atoms with Gasteiger partial charge in [-0.3, -0.25) is 9.58 Å². The van der Waals surface area contributed by atoms with Gasteiger partial charge in [-0.15, -0.1) is 0 Å². The lowest BCUT2D eigenvalue weighted by Gasteiger charge is -2.39. The van der Waals surface area contributed by atoms with E-state index in [0.29, 0.717) is 23.2 Å². The summed E-state index contributed by atoms with van der Waals surface area (Å²) in [5.41, 5.74) is 3.90. The van der Waals surface area contributed by atoms with Crippen molar-refractivity contribution in [1.29, 1.82) is 0 Å². The fourth-order valence-corrected chi connectivity index (χ4v) is 7.95. The Morgan fingerprint density at radius 1 is 0.951 bits per heavy atom. The molecule has 1 saturated heterocycles. The SMILES string of the molecule is Cn1cc(-c2ccc3c(c2)c2c(NC4CCC(N5CCOCC5)CC4)ccnc2n3S(=O)(=O)c2ccccc2)cn1. The maximum atomic E-state index is 14.0. The van der Waals surface area contributed by atoms with E-state index >= 15 is 0 Å². The zero-order valence-corrected chi connectivity index (χ0v) is 23.9. The van der Waals surface area contributed by atoms with E-state index in [1.54, 1.807) is 35.1 Å². The Morgan fingerprint density at radius 2 is 1.73 bits per heavy atom. The van der Waals surface area contributed by atoms with Crippen molar-refractivity contribution in [1.82, 2.24) is 23.6 Å². The highest BCUT2D eigenvalue weighted by Gasteiger charge is 2.29. The summed E-state index contributed by atoms with van der Waals surface area (Å²) in [6.45, 7) is 3.68. The zero-order valence-electron chi connectivity index (χ0n) is 23.1. The zero-order chi connectivity index (χ0) is 28.0. The fraction of sp³-hybridized carbons (Fsp3) is 0.355. The molecule has 1 aliphatic carbocycles. The Hall–Kier alpha value is -3.73. The normalized spacial score (nSPS) is 20.5. The van der Waals surface area contributed by atoms with Crippen LogP contribution in [0.4, 0.5) is 5.69 Å². The van der Waals surface area contributed by atoms with E-state index in [4.69, 9.17) is 4.74 Å². The van der Waals surface area contributed by atoms with Gasteiger partial charge in [0, 0.05) is 61.3 Å². The van der Waals surface area contributed by atoms with Crippen LogP contribution in [0.15, 0.2) is 78.1 Å². The maximum Gasteiger partial charge on any atom is 0.269 e. The summed E-state index contributed by atoms with van der Waals surface area (Å²) in [7, 11) is -2.01. The van der Waals surface area contributed by atoms with Gasteiger partial charge in [-0.2, -0.15) is 5.10 Å². The summed E-state index contributed by atoms with van der Waals surface area (Å²) in [5.74, 6) is 0. The van der Waals surface area contributed by atoms with Crippen LogP contribution in [0.5, 0.6) is 0 Å². The number of aromatic nitrogens is 4. The minimum atomic E-state index is -3.90. The van der Waals surface area contributed by atoms with Crippen molar-refractivity contribution >= 4 is 37.6 Å². The number of aryl methyl sites for hydroxylation is 1. The van der Waals surface area contributed by atoms with E-state index in [0.717, 1.165) is 79.6 Å². The third-order valence-corrected chi connectivity index (χ3v) is 10.3. The van der Waals surface area contributed by atoms with Crippen LogP contribution >= 0.6 is 0 Å². The van der Waals surface area contributed by atoms with Crippen LogP contribution in [0.2, 0.25) is 0 Å². The molecule has 1 saturated carbocycles. The molecule has 5 aromatic rings. The van der Waals surface area contributed by atoms with Gasteiger partial charge in [-0.05, 0) is 61.6 Å². The number of fused-ring (bicyclic) bond motifs is 3. The molecule has 10 heteroatoms. The highest BCUT2D eigenvalue weighted by Crippen LogP contribution is 2.39. The number of hydrogen-bond acceptors (Lipinski definition) is 7. The topological polar surface area (TPSA) is 94.3 Å². The minimum absolute atomic E-state index is 0.233. The number of benzene rings is 2. The van der Waals surface area contributed by atoms with Crippen LogP contribution in [-0.2, 0) is 21.8 Å². The molecule has 0 radical (unpaired) electrons. The van der Waals surface area contributed by atoms with E-state index in [1.165, 1.54) is 3.97 Å². The lowest BCUT2D eigenvalue weighted by atomic mass is 9.89. The standard InChI is InChI=1S/C31H34N6O3S/c1-35-21-23(20-33-35)22-7-12-29-27(19-22)30-28(34-24-8-10-25(11-9-24)36-15-17-40-18-16-36)13-14-32-31(30)37(29)41(38,39)26-5-3-2-4-6-26/h2-7,12-14,19-21,24-25H,8-11,15-18H2,1H3,(H,32,34). The molecule has 4 heterocycles. The molecule has 0 amide bonds. The average Bonchev–Trinajstić information content (AvgIpc) is 3.60. The number of morpholine rings is 1. The number of hydrogen-bond donors (Lipinski definition) is 1. The molecule has 212 valence electrons. The Bertz CT molecular complexity index is 1800. The fourth-order valence-electron chi connectivity index (χ4n) is 6.46. The quantitative estimate of drug-likeness (QED) is 0.311. The first-order chi connectivity index (χ1) is 20.0. The molecule has 41 heavy (non-hydrogen) atoms. The van der Waals surface area contributed by atoms with Gasteiger partial charge in [-0.1, -0.05) is 24.3 Å². The molecule has 9 nitrogen and oxygen atoms in total. The second-order valence-electron chi connectivity index (χ2n) is 11.1. The lowest BCUT2D eigenvalue weighted by Crippen LogP contribution is -2.46. The highest BCUT2D eigenvalue weighted by atomic mass is 32.2. The monoisotopic (exact) mass is 570 g/mol. The Balaban J connectivity index is 1.31. The molecule has 7 rings (SSSR count). The first-order valence-electron chi connectivity index (χ1n) is 14.3. The van der Waals surface area contributed by atoms with Crippen LogP contribution in [-0.4, -0.2) is 70.4 Å². The molecule has 2 aliphatic rings. The predicted molar refractivity (Wildman–Crippen MR) is 161 cm³/mol. The van der Waals surface area contributed by atoms with Crippen molar-refractivity contribution < 1.29 is 13.2 Å². The first kappa shape index (κ1) is 26.2. The van der Waals surface area contributed by atoms with E-state index in [-0.39, 0.29) is 4.90 Å². The number of pyridine rings is 1. The van der Waals surface area contributed by atoms with Gasteiger partial charge in [0.1, 0.15) is 0 Å². The van der Waals surface area contributed by atoms with Crippen LogP contribution in [0.3, 0.4) is 0 Å². The van der Waals surface area contributed by atoms with Crippen LogP contribution in [0.25, 0.3) is 33.1 Å². The Labute approximate surface area is 239 Å². The van der Waals surface area contributed by atoms with E-state index < -0.39 is 10.0 Å². The van der Waals surface area contributed by atoms with Crippen LogP contribution in [0.1, 0.15) is 25.7 Å². The molecule has 0 spiro atoms. The molecule has 0 atom stereocenters. The third-order valence-electron chi connectivity index (χ3n) is 8.55. The largest absolute Gasteiger partial charge is 0.382 e. The smallest absolute Gasteiger partial charge is 0.269 e. The van der Waals surface area contributed by atoms with Crippen LogP contribution < -0.4 is 5.32 Å². The van der Waals surface area contributed by atoms with Gasteiger partial charge < -0.3 is 10.1 Å². The molecule has 2 aromatic carbocycles. The number of nitrogens with one attached hydrogen (secondary N) is 1. The third kappa shape index (κ3) is 4.79. The van der Waals surface area contributed by atoms with Crippen LogP contribution in [0, 0.1) is 0 Å². The van der Waals surface area contributed by atoms with Gasteiger partial charge in [0.25, 0.3) is 10.0 Å². The Morgan fingerprint density at radius 3 is 2.46 bits per heavy atom. The number of ether oxygens (including phenoxy) is 1. The number of rotatable bonds is 6. The second kappa shape index (κ2) is 10.6. The van der Waals surface area contributed by atoms with Crippen molar-refractivity contribution in [2.24, 2.45) is 7.05 Å². The molecule has 1 aliphatic heterocycles. The van der Waals surface area contributed by atoms with Crippen molar-refractivity contribution in [3.63, 3.8) is 0 Å². The predicted octanol–water partition coefficient (Wildman–Crippen LogP) is 4.88. The van der Waals surface area contributed by atoms with E-state index in [1.807, 2.05) is 43.7 Å². The molecular weight excluding hydrogens is 536 g/mol.